The third-order valence-corrected chi connectivity index (χ3v) is 4.58. The second kappa shape index (κ2) is 9.61. The van der Waals surface area contributed by atoms with Gasteiger partial charge in [-0.15, -0.1) is 0 Å². The molecule has 0 unspecified atom stereocenters. The lowest BCUT2D eigenvalue weighted by molar-refractivity contribution is 0.0186. The minimum atomic E-state index is -0.483. The summed E-state index contributed by atoms with van der Waals surface area (Å²) in [6, 6.07) is 4.06. The molecule has 156 valence electrons. The van der Waals surface area contributed by atoms with Crippen LogP contribution < -0.4 is 10.6 Å². The van der Waals surface area contributed by atoms with Crippen LogP contribution in [-0.2, 0) is 11.3 Å². The maximum atomic E-state index is 12.1. The van der Waals surface area contributed by atoms with E-state index in [9.17, 15) is 4.79 Å². The Morgan fingerprint density at radius 2 is 1.79 bits per heavy atom. The number of hydrogen-bond acceptors (Lipinski definition) is 5. The SMILES string of the molecule is CCN(CC)c1ccc(CN=C(N)N2CCN(C(=O)OC(C)(C)C)CC2)cn1. The number of hydrogen-bond donors (Lipinski definition) is 1. The lowest BCUT2D eigenvalue weighted by atomic mass is 10.2. The van der Waals surface area contributed by atoms with Crippen LogP contribution in [0.5, 0.6) is 0 Å². The zero-order chi connectivity index (χ0) is 20.7. The predicted octanol–water partition coefficient (Wildman–Crippen LogP) is 2.30. The molecule has 28 heavy (non-hydrogen) atoms. The highest BCUT2D eigenvalue weighted by Crippen LogP contribution is 2.13. The van der Waals surface area contributed by atoms with Crippen LogP contribution in [0.25, 0.3) is 0 Å². The van der Waals surface area contributed by atoms with Crippen molar-refractivity contribution in [3.63, 3.8) is 0 Å². The van der Waals surface area contributed by atoms with Crippen LogP contribution in [0.3, 0.4) is 0 Å². The van der Waals surface area contributed by atoms with E-state index >= 15 is 0 Å². The number of anilines is 1. The van der Waals surface area contributed by atoms with Crippen molar-refractivity contribution in [2.45, 2.75) is 46.8 Å². The van der Waals surface area contributed by atoms with E-state index in [2.05, 4.69) is 28.7 Å². The van der Waals surface area contributed by atoms with E-state index in [1.165, 1.54) is 0 Å². The summed E-state index contributed by atoms with van der Waals surface area (Å²) in [6.07, 6.45) is 1.58. The van der Waals surface area contributed by atoms with E-state index < -0.39 is 5.60 Å². The molecule has 0 aliphatic carbocycles. The number of ether oxygens (including phenoxy) is 1. The molecule has 2 heterocycles. The van der Waals surface area contributed by atoms with E-state index in [4.69, 9.17) is 10.5 Å². The number of carbonyl (C=O) groups is 1. The summed E-state index contributed by atoms with van der Waals surface area (Å²) >= 11 is 0. The topological polar surface area (TPSA) is 87.3 Å². The highest BCUT2D eigenvalue weighted by molar-refractivity contribution is 5.78. The number of carbonyl (C=O) groups excluding carboxylic acids is 1. The van der Waals surface area contributed by atoms with E-state index in [0.29, 0.717) is 38.7 Å². The molecule has 0 aromatic carbocycles. The van der Waals surface area contributed by atoms with Crippen molar-refractivity contribution < 1.29 is 9.53 Å². The number of rotatable bonds is 5. The molecule has 1 aromatic heterocycles. The fourth-order valence-electron chi connectivity index (χ4n) is 2.96. The van der Waals surface area contributed by atoms with Gasteiger partial charge >= 0.3 is 6.09 Å². The van der Waals surface area contributed by atoms with Crippen molar-refractivity contribution in [1.82, 2.24) is 14.8 Å². The second-order valence-electron chi connectivity index (χ2n) is 7.83. The third kappa shape index (κ3) is 6.28. The number of aliphatic imine (C=N–C) groups is 1. The first-order valence-corrected chi connectivity index (χ1v) is 9.96. The van der Waals surface area contributed by atoms with Crippen molar-refractivity contribution in [3.8, 4) is 0 Å². The number of nitrogens with zero attached hydrogens (tertiary/aromatic N) is 5. The fraction of sp³-hybridized carbons (Fsp3) is 0.650. The number of nitrogens with two attached hydrogens (primary N) is 1. The van der Waals surface area contributed by atoms with Crippen LogP contribution in [0.15, 0.2) is 23.3 Å². The maximum absolute atomic E-state index is 12.1. The molecule has 0 saturated carbocycles. The van der Waals surface area contributed by atoms with Gasteiger partial charge < -0.3 is 25.2 Å². The van der Waals surface area contributed by atoms with Crippen molar-refractivity contribution in [3.05, 3.63) is 23.9 Å². The van der Waals surface area contributed by atoms with Crippen molar-refractivity contribution in [2.24, 2.45) is 10.7 Å². The van der Waals surface area contributed by atoms with Gasteiger partial charge in [0.2, 0.25) is 0 Å². The smallest absolute Gasteiger partial charge is 0.410 e. The Balaban J connectivity index is 1.85. The quantitative estimate of drug-likeness (QED) is 0.613. The number of guanidine groups is 1. The molecule has 1 aromatic rings. The molecule has 1 aliphatic heterocycles. The standard InChI is InChI=1S/C20H34N6O2/c1-6-24(7-2)17-9-8-16(14-22-17)15-23-18(21)25-10-12-26(13-11-25)19(27)28-20(3,4)5/h8-9,14H,6-7,10-13,15H2,1-5H3,(H2,21,23). The number of piperazine rings is 1. The fourth-order valence-corrected chi connectivity index (χ4v) is 2.96. The molecule has 0 spiro atoms. The van der Waals surface area contributed by atoms with Crippen LogP contribution in [-0.4, -0.2) is 71.7 Å². The molecule has 1 aliphatic rings. The molecule has 8 nitrogen and oxygen atoms in total. The van der Waals surface area contributed by atoms with E-state index in [0.717, 1.165) is 24.5 Å². The Labute approximate surface area is 168 Å². The summed E-state index contributed by atoms with van der Waals surface area (Å²) < 4.78 is 5.42. The molecule has 2 N–H and O–H groups in total. The average Bonchev–Trinajstić information content (AvgIpc) is 2.67. The van der Waals surface area contributed by atoms with Crippen molar-refractivity contribution in [2.75, 3.05) is 44.2 Å². The summed E-state index contributed by atoms with van der Waals surface area (Å²) in [5.41, 5.74) is 6.69. The van der Waals surface area contributed by atoms with Gasteiger partial charge in [0.25, 0.3) is 0 Å². The summed E-state index contributed by atoms with van der Waals surface area (Å²) in [5.74, 6) is 1.47. The summed E-state index contributed by atoms with van der Waals surface area (Å²) in [6.45, 7) is 14.6. The Hall–Kier alpha value is -2.51. The Kier molecular flexibility index (Phi) is 7.48. The molecule has 0 radical (unpaired) electrons. The van der Waals surface area contributed by atoms with Gasteiger partial charge in [-0.25, -0.2) is 14.8 Å². The zero-order valence-corrected chi connectivity index (χ0v) is 17.8. The molecule has 0 atom stereocenters. The first kappa shape index (κ1) is 21.8. The van der Waals surface area contributed by atoms with E-state index in [1.54, 1.807) is 4.90 Å². The van der Waals surface area contributed by atoms with Crippen LogP contribution >= 0.6 is 0 Å². The summed E-state index contributed by atoms with van der Waals surface area (Å²) in [5, 5.41) is 0. The van der Waals surface area contributed by atoms with Crippen LogP contribution in [0, 0.1) is 0 Å². The monoisotopic (exact) mass is 390 g/mol. The lowest BCUT2D eigenvalue weighted by Crippen LogP contribution is -2.53. The average molecular weight is 391 g/mol. The molecule has 8 heteroatoms. The molecule has 0 bridgehead atoms. The van der Waals surface area contributed by atoms with Gasteiger partial charge in [0.15, 0.2) is 5.96 Å². The minimum Gasteiger partial charge on any atom is -0.444 e. The number of aromatic nitrogens is 1. The van der Waals surface area contributed by atoms with Gasteiger partial charge in [-0.2, -0.15) is 0 Å². The number of amides is 1. The first-order valence-electron chi connectivity index (χ1n) is 9.96. The van der Waals surface area contributed by atoms with Gasteiger partial charge in [0, 0.05) is 45.5 Å². The Morgan fingerprint density at radius 3 is 2.29 bits per heavy atom. The van der Waals surface area contributed by atoms with Crippen molar-refractivity contribution in [1.29, 1.82) is 0 Å². The lowest BCUT2D eigenvalue weighted by Gasteiger charge is -2.36. The van der Waals surface area contributed by atoms with E-state index in [-0.39, 0.29) is 6.09 Å². The van der Waals surface area contributed by atoms with Gasteiger partial charge in [-0.3, -0.25) is 0 Å². The third-order valence-electron chi connectivity index (χ3n) is 4.58. The molecule has 1 saturated heterocycles. The number of pyridine rings is 1. The van der Waals surface area contributed by atoms with E-state index in [1.807, 2.05) is 44.0 Å². The highest BCUT2D eigenvalue weighted by atomic mass is 16.6. The molecule has 2 rings (SSSR count). The van der Waals surface area contributed by atoms with Gasteiger partial charge in [-0.1, -0.05) is 6.07 Å². The minimum absolute atomic E-state index is 0.276. The zero-order valence-electron chi connectivity index (χ0n) is 17.8. The Bertz CT molecular complexity index is 656. The highest BCUT2D eigenvalue weighted by Gasteiger charge is 2.26. The second-order valence-corrected chi connectivity index (χ2v) is 7.83. The maximum Gasteiger partial charge on any atom is 0.410 e. The Morgan fingerprint density at radius 1 is 1.18 bits per heavy atom. The van der Waals surface area contributed by atoms with Crippen LogP contribution in [0.4, 0.5) is 10.6 Å². The molecule has 1 fully saturated rings. The summed E-state index contributed by atoms with van der Waals surface area (Å²) in [7, 11) is 0. The van der Waals surface area contributed by atoms with Crippen LogP contribution in [0.1, 0.15) is 40.2 Å². The van der Waals surface area contributed by atoms with Crippen LogP contribution in [0.2, 0.25) is 0 Å². The molecular weight excluding hydrogens is 356 g/mol. The predicted molar refractivity (Wildman–Crippen MR) is 113 cm³/mol. The summed E-state index contributed by atoms with van der Waals surface area (Å²) in [4.78, 5) is 27.1. The molecule has 1 amide bonds. The molecular formula is C20H34N6O2. The van der Waals surface area contributed by atoms with Gasteiger partial charge in [0.05, 0.1) is 6.54 Å². The normalized spacial score (nSPS) is 15.5. The first-order chi connectivity index (χ1) is 13.2. The van der Waals surface area contributed by atoms with Crippen molar-refractivity contribution >= 4 is 17.9 Å². The van der Waals surface area contributed by atoms with Gasteiger partial charge in [-0.05, 0) is 46.2 Å². The largest absolute Gasteiger partial charge is 0.444 e. The van der Waals surface area contributed by atoms with Gasteiger partial charge in [0.1, 0.15) is 11.4 Å².